The molecule has 0 unspecified atom stereocenters. The Kier molecular flexibility index (Phi) is 2.41. The molecule has 0 fully saturated rings. The smallest absolute Gasteiger partial charge is 0.0420 e. The Balaban J connectivity index is 2.29. The molecular weight excluding hydrogens is 220 g/mol. The molecule has 88 valence electrons. The average molecular weight is 234 g/mol. The first-order valence-corrected chi connectivity index (χ1v) is 5.89. The second-order valence-electron chi connectivity index (χ2n) is 4.38. The summed E-state index contributed by atoms with van der Waals surface area (Å²) in [4.78, 5) is 0. The Labute approximate surface area is 106 Å². The van der Waals surface area contributed by atoms with Gasteiger partial charge in [-0.3, -0.25) is 0 Å². The molecular formula is C16H14N2. The van der Waals surface area contributed by atoms with Gasteiger partial charge in [0, 0.05) is 16.8 Å². The minimum absolute atomic E-state index is 0.726. The predicted molar refractivity (Wildman–Crippen MR) is 78.2 cm³/mol. The maximum atomic E-state index is 6.12. The summed E-state index contributed by atoms with van der Waals surface area (Å²) in [5.74, 6) is 0. The van der Waals surface area contributed by atoms with Crippen molar-refractivity contribution in [3.63, 3.8) is 0 Å². The Hall–Kier alpha value is -2.48. The van der Waals surface area contributed by atoms with Gasteiger partial charge in [0.1, 0.15) is 0 Å². The first kappa shape index (κ1) is 10.7. The summed E-state index contributed by atoms with van der Waals surface area (Å²) in [6.45, 7) is 0. The van der Waals surface area contributed by atoms with E-state index >= 15 is 0 Å². The van der Waals surface area contributed by atoms with Crippen LogP contribution in [0, 0.1) is 0 Å². The van der Waals surface area contributed by atoms with E-state index in [0.717, 1.165) is 33.3 Å². The molecule has 18 heavy (non-hydrogen) atoms. The third-order valence-electron chi connectivity index (χ3n) is 3.15. The van der Waals surface area contributed by atoms with Crippen LogP contribution in [0.25, 0.3) is 21.9 Å². The van der Waals surface area contributed by atoms with Crippen LogP contribution in [-0.4, -0.2) is 0 Å². The summed E-state index contributed by atoms with van der Waals surface area (Å²) < 4.78 is 0. The lowest BCUT2D eigenvalue weighted by molar-refractivity contribution is 1.64. The highest BCUT2D eigenvalue weighted by atomic mass is 14.6. The molecule has 3 aromatic carbocycles. The van der Waals surface area contributed by atoms with Gasteiger partial charge in [0.15, 0.2) is 0 Å². The maximum Gasteiger partial charge on any atom is 0.0420 e. The van der Waals surface area contributed by atoms with Crippen molar-refractivity contribution in [2.75, 3.05) is 11.5 Å². The van der Waals surface area contributed by atoms with Gasteiger partial charge in [0.05, 0.1) is 0 Å². The molecule has 2 nitrogen and oxygen atoms in total. The van der Waals surface area contributed by atoms with Gasteiger partial charge < -0.3 is 11.5 Å². The SMILES string of the molecule is Nc1cccc2cc(-c3ccccc3)cc(N)c12. The number of hydrogen-bond donors (Lipinski definition) is 2. The number of nitrogens with two attached hydrogens (primary N) is 2. The zero-order chi connectivity index (χ0) is 12.5. The molecule has 3 aromatic rings. The highest BCUT2D eigenvalue weighted by molar-refractivity contribution is 6.04. The van der Waals surface area contributed by atoms with Gasteiger partial charge in [-0.2, -0.15) is 0 Å². The number of fused-ring (bicyclic) bond motifs is 1. The van der Waals surface area contributed by atoms with Crippen LogP contribution >= 0.6 is 0 Å². The molecule has 0 spiro atoms. The molecule has 2 heteroatoms. The van der Waals surface area contributed by atoms with Crippen LogP contribution < -0.4 is 11.5 Å². The summed E-state index contributed by atoms with van der Waals surface area (Å²) in [6, 6.07) is 20.2. The van der Waals surface area contributed by atoms with E-state index in [2.05, 4.69) is 18.2 Å². The molecule has 0 aliphatic carbocycles. The van der Waals surface area contributed by atoms with Crippen molar-refractivity contribution in [1.82, 2.24) is 0 Å². The first-order valence-electron chi connectivity index (χ1n) is 5.89. The van der Waals surface area contributed by atoms with Gasteiger partial charge in [-0.15, -0.1) is 0 Å². The third kappa shape index (κ3) is 1.68. The van der Waals surface area contributed by atoms with Crippen LogP contribution in [0.1, 0.15) is 0 Å². The molecule has 0 saturated heterocycles. The molecule has 0 saturated carbocycles. The predicted octanol–water partition coefficient (Wildman–Crippen LogP) is 3.67. The summed E-state index contributed by atoms with van der Waals surface area (Å²) in [5, 5.41) is 2.02. The van der Waals surface area contributed by atoms with Crippen molar-refractivity contribution in [2.24, 2.45) is 0 Å². The largest absolute Gasteiger partial charge is 0.398 e. The van der Waals surface area contributed by atoms with Crippen molar-refractivity contribution in [3.05, 3.63) is 60.7 Å². The number of anilines is 2. The van der Waals surface area contributed by atoms with Crippen LogP contribution in [0.4, 0.5) is 11.4 Å². The number of rotatable bonds is 1. The monoisotopic (exact) mass is 234 g/mol. The normalized spacial score (nSPS) is 10.7. The second kappa shape index (κ2) is 4.08. The molecule has 3 rings (SSSR count). The zero-order valence-corrected chi connectivity index (χ0v) is 9.93. The van der Waals surface area contributed by atoms with E-state index in [-0.39, 0.29) is 0 Å². The fourth-order valence-electron chi connectivity index (χ4n) is 2.29. The molecule has 4 N–H and O–H groups in total. The molecule has 0 bridgehead atoms. The number of benzene rings is 3. The zero-order valence-electron chi connectivity index (χ0n) is 9.93. The fourth-order valence-corrected chi connectivity index (χ4v) is 2.29. The van der Waals surface area contributed by atoms with Crippen molar-refractivity contribution in [3.8, 4) is 11.1 Å². The Bertz CT molecular complexity index is 703. The second-order valence-corrected chi connectivity index (χ2v) is 4.38. The Morgan fingerprint density at radius 1 is 0.611 bits per heavy atom. The van der Waals surface area contributed by atoms with E-state index in [1.165, 1.54) is 0 Å². The fraction of sp³-hybridized carbons (Fsp3) is 0. The summed E-state index contributed by atoms with van der Waals surface area (Å²) in [7, 11) is 0. The quantitative estimate of drug-likeness (QED) is 0.631. The summed E-state index contributed by atoms with van der Waals surface area (Å²) in [5.41, 5.74) is 15.8. The lowest BCUT2D eigenvalue weighted by atomic mass is 9.99. The van der Waals surface area contributed by atoms with E-state index in [4.69, 9.17) is 11.5 Å². The Morgan fingerprint density at radius 3 is 2.17 bits per heavy atom. The van der Waals surface area contributed by atoms with Gasteiger partial charge >= 0.3 is 0 Å². The summed E-state index contributed by atoms with van der Waals surface area (Å²) in [6.07, 6.45) is 0. The van der Waals surface area contributed by atoms with Gasteiger partial charge in [-0.05, 0) is 34.7 Å². The van der Waals surface area contributed by atoms with Gasteiger partial charge in [-0.1, -0.05) is 42.5 Å². The van der Waals surface area contributed by atoms with E-state index in [0.29, 0.717) is 0 Å². The topological polar surface area (TPSA) is 52.0 Å². The minimum atomic E-state index is 0.726. The van der Waals surface area contributed by atoms with Crippen molar-refractivity contribution < 1.29 is 0 Å². The molecule has 0 radical (unpaired) electrons. The highest BCUT2D eigenvalue weighted by Crippen LogP contribution is 2.32. The van der Waals surface area contributed by atoms with Crippen molar-refractivity contribution in [2.45, 2.75) is 0 Å². The van der Waals surface area contributed by atoms with Gasteiger partial charge in [-0.25, -0.2) is 0 Å². The molecule has 0 heterocycles. The van der Waals surface area contributed by atoms with E-state index in [1.54, 1.807) is 0 Å². The van der Waals surface area contributed by atoms with Gasteiger partial charge in [0.25, 0.3) is 0 Å². The van der Waals surface area contributed by atoms with Crippen molar-refractivity contribution >= 4 is 22.1 Å². The average Bonchev–Trinajstić information content (AvgIpc) is 2.39. The molecule has 0 amide bonds. The molecule has 0 atom stereocenters. The van der Waals surface area contributed by atoms with Crippen LogP contribution in [0.5, 0.6) is 0 Å². The van der Waals surface area contributed by atoms with E-state index in [1.807, 2.05) is 42.5 Å². The lowest BCUT2D eigenvalue weighted by Crippen LogP contribution is -1.93. The van der Waals surface area contributed by atoms with Crippen LogP contribution in [-0.2, 0) is 0 Å². The van der Waals surface area contributed by atoms with Crippen LogP contribution in [0.2, 0.25) is 0 Å². The van der Waals surface area contributed by atoms with Crippen LogP contribution in [0.15, 0.2) is 60.7 Å². The highest BCUT2D eigenvalue weighted by Gasteiger charge is 2.05. The lowest BCUT2D eigenvalue weighted by Gasteiger charge is -2.09. The first-order chi connectivity index (χ1) is 8.75. The third-order valence-corrected chi connectivity index (χ3v) is 3.15. The number of hydrogen-bond acceptors (Lipinski definition) is 2. The standard InChI is InChI=1S/C16H14N2/c17-14-8-4-7-12-9-13(10-15(18)16(12)14)11-5-2-1-3-6-11/h1-10H,17-18H2. The van der Waals surface area contributed by atoms with Crippen molar-refractivity contribution in [1.29, 1.82) is 0 Å². The minimum Gasteiger partial charge on any atom is -0.398 e. The number of nitrogen functional groups attached to an aromatic ring is 2. The Morgan fingerprint density at radius 2 is 1.39 bits per heavy atom. The van der Waals surface area contributed by atoms with E-state index < -0.39 is 0 Å². The molecule has 0 aromatic heterocycles. The maximum absolute atomic E-state index is 6.12. The summed E-state index contributed by atoms with van der Waals surface area (Å²) >= 11 is 0. The van der Waals surface area contributed by atoms with Gasteiger partial charge in [0.2, 0.25) is 0 Å². The van der Waals surface area contributed by atoms with E-state index in [9.17, 15) is 0 Å². The molecule has 0 aliphatic heterocycles. The molecule has 0 aliphatic rings. The van der Waals surface area contributed by atoms with Crippen LogP contribution in [0.3, 0.4) is 0 Å².